The lowest BCUT2D eigenvalue weighted by molar-refractivity contribution is -1.02. The molecular weight excluding hydrogens is 578 g/mol. The summed E-state index contributed by atoms with van der Waals surface area (Å²) >= 11 is 0. The average Bonchev–Trinajstić information content (AvgIpc) is 3.79. The van der Waals surface area contributed by atoms with Gasteiger partial charge in [0.05, 0.1) is 28.8 Å². The summed E-state index contributed by atoms with van der Waals surface area (Å²) < 4.78 is 16.6. The lowest BCUT2D eigenvalue weighted by Gasteiger charge is -2.38. The normalized spacial score (nSPS) is 16.7. The van der Waals surface area contributed by atoms with E-state index >= 15 is 0 Å². The second-order valence-electron chi connectivity index (χ2n) is 13.3. The quantitative estimate of drug-likeness (QED) is 0.185. The van der Waals surface area contributed by atoms with Crippen LogP contribution in [0.3, 0.4) is 0 Å². The molecule has 0 N–H and O–H groups in total. The van der Waals surface area contributed by atoms with Crippen molar-refractivity contribution in [2.45, 2.75) is 33.4 Å². The zero-order chi connectivity index (χ0) is 31.3. The molecule has 4 aliphatic rings. The van der Waals surface area contributed by atoms with Crippen molar-refractivity contribution in [3.8, 4) is 45.1 Å². The number of rotatable bonds is 2. The largest absolute Gasteiger partial charge is 0.466 e. The minimum atomic E-state index is -0.642. The van der Waals surface area contributed by atoms with Crippen LogP contribution < -0.4 is 19.0 Å². The van der Waals surface area contributed by atoms with Crippen molar-refractivity contribution in [3.05, 3.63) is 149 Å². The molecule has 2 aromatic heterocycles. The predicted molar refractivity (Wildman–Crippen MR) is 182 cm³/mol. The summed E-state index contributed by atoms with van der Waals surface area (Å²) in [4.78, 5) is 2.44. The van der Waals surface area contributed by atoms with Crippen LogP contribution in [0.5, 0.6) is 11.5 Å². The van der Waals surface area contributed by atoms with E-state index in [2.05, 4.69) is 167 Å². The minimum absolute atomic E-state index is 0.642. The Morgan fingerprint density at radius 3 is 2.23 bits per heavy atom. The molecular formula is C41H31N5O+2. The topological polar surface area (TPSA) is 30.1 Å². The monoisotopic (exact) mass is 609 g/mol. The molecule has 0 saturated heterocycles. The van der Waals surface area contributed by atoms with Crippen LogP contribution in [-0.4, -0.2) is 9.36 Å². The van der Waals surface area contributed by atoms with E-state index in [-0.39, 0.29) is 0 Å². The van der Waals surface area contributed by atoms with Gasteiger partial charge in [-0.3, -0.25) is 0 Å². The number of fused-ring (bicyclic) bond motifs is 7. The fourth-order valence-electron chi connectivity index (χ4n) is 9.11. The summed E-state index contributed by atoms with van der Waals surface area (Å²) in [5.41, 5.74) is 17.5. The Bertz CT molecular complexity index is 2560. The van der Waals surface area contributed by atoms with Crippen LogP contribution in [0.4, 0.5) is 17.1 Å². The summed E-state index contributed by atoms with van der Waals surface area (Å²) in [6, 6.07) is 39.4. The predicted octanol–water partition coefficient (Wildman–Crippen LogP) is 8.22. The van der Waals surface area contributed by atoms with E-state index in [4.69, 9.17) is 4.74 Å². The van der Waals surface area contributed by atoms with Gasteiger partial charge in [0.2, 0.25) is 11.4 Å². The molecule has 224 valence electrons. The number of hydrogen-bond donors (Lipinski definition) is 0. The summed E-state index contributed by atoms with van der Waals surface area (Å²) in [6.45, 7) is 8.99. The molecule has 1 spiro atoms. The van der Waals surface area contributed by atoms with Crippen molar-refractivity contribution in [1.82, 2.24) is 9.36 Å². The van der Waals surface area contributed by atoms with Crippen LogP contribution in [0.25, 0.3) is 33.6 Å². The van der Waals surface area contributed by atoms with Gasteiger partial charge in [0.15, 0.2) is 22.6 Å². The molecule has 0 amide bonds. The average molecular weight is 610 g/mol. The lowest BCUT2D eigenvalue weighted by atomic mass is 9.82. The first-order chi connectivity index (χ1) is 23.0. The van der Waals surface area contributed by atoms with Crippen LogP contribution in [0, 0.1) is 27.7 Å². The minimum Gasteiger partial charge on any atom is -0.453 e. The van der Waals surface area contributed by atoms with Crippen molar-refractivity contribution in [2.75, 3.05) is 4.90 Å². The highest BCUT2D eigenvalue weighted by molar-refractivity contribution is 5.95. The van der Waals surface area contributed by atoms with Crippen molar-refractivity contribution in [2.24, 2.45) is 0 Å². The van der Waals surface area contributed by atoms with Crippen molar-refractivity contribution < 1.29 is 14.1 Å². The Kier molecular flexibility index (Phi) is 4.46. The number of benzene rings is 5. The van der Waals surface area contributed by atoms with Crippen molar-refractivity contribution >= 4 is 17.1 Å². The summed E-state index contributed by atoms with van der Waals surface area (Å²) in [5.74, 6) is 1.76. The van der Waals surface area contributed by atoms with Gasteiger partial charge in [-0.15, -0.1) is 9.36 Å². The van der Waals surface area contributed by atoms with Gasteiger partial charge < -0.3 is 9.64 Å². The highest BCUT2D eigenvalue weighted by atomic mass is 16.5. The molecule has 0 bridgehead atoms. The number of hydrogen-bond acceptors (Lipinski definition) is 2. The van der Waals surface area contributed by atoms with E-state index in [9.17, 15) is 0 Å². The Morgan fingerprint density at radius 1 is 0.596 bits per heavy atom. The molecule has 7 aromatic rings. The van der Waals surface area contributed by atoms with E-state index in [1.807, 2.05) is 0 Å². The van der Waals surface area contributed by atoms with Gasteiger partial charge >= 0.3 is 5.66 Å². The first-order valence-electron chi connectivity index (χ1n) is 16.3. The standard InChI is InChI=1S/C41H31N5O/c1-24-21-29(28-11-6-5-7-12-28)17-18-30(24)31-23-42-33-14-10-15-34-38(33)41(46(42)27(31)4)39-35(44-25(2)22-26(3)45(41)44)19-20-37-40(39)43(34)32-13-8-9-16-36(32)47-37/h5-23H,1-4H3/q+2. The zero-order valence-electron chi connectivity index (χ0n) is 26.6. The van der Waals surface area contributed by atoms with Crippen LogP contribution in [0.15, 0.2) is 115 Å². The van der Waals surface area contributed by atoms with Crippen LogP contribution >= 0.6 is 0 Å². The van der Waals surface area contributed by atoms with Crippen molar-refractivity contribution in [1.29, 1.82) is 0 Å². The lowest BCUT2D eigenvalue weighted by Crippen LogP contribution is -2.76. The van der Waals surface area contributed by atoms with Gasteiger partial charge in [0.25, 0.3) is 0 Å². The molecule has 0 saturated carbocycles. The second kappa shape index (κ2) is 8.28. The smallest absolute Gasteiger partial charge is 0.453 e. The molecule has 6 nitrogen and oxygen atoms in total. The van der Waals surface area contributed by atoms with Crippen LogP contribution in [0.2, 0.25) is 0 Å². The van der Waals surface area contributed by atoms with Crippen LogP contribution in [-0.2, 0) is 5.66 Å². The maximum Gasteiger partial charge on any atom is 0.466 e. The fourth-order valence-corrected chi connectivity index (χ4v) is 9.11. The molecule has 1 unspecified atom stereocenters. The Hall–Kier alpha value is -5.88. The summed E-state index contributed by atoms with van der Waals surface area (Å²) in [7, 11) is 0. The molecule has 47 heavy (non-hydrogen) atoms. The summed E-state index contributed by atoms with van der Waals surface area (Å²) in [5, 5.41) is 0. The Morgan fingerprint density at radius 2 is 1.38 bits per heavy atom. The van der Waals surface area contributed by atoms with E-state index in [1.165, 1.54) is 73.1 Å². The molecule has 0 radical (unpaired) electrons. The third-order valence-electron chi connectivity index (χ3n) is 10.8. The van der Waals surface area contributed by atoms with Gasteiger partial charge in [-0.2, -0.15) is 0 Å². The highest BCUT2D eigenvalue weighted by Crippen LogP contribution is 2.63. The zero-order valence-corrected chi connectivity index (χ0v) is 26.6. The third-order valence-corrected chi connectivity index (χ3v) is 10.8. The molecule has 1 atom stereocenters. The van der Waals surface area contributed by atoms with E-state index < -0.39 is 5.66 Å². The van der Waals surface area contributed by atoms with E-state index in [0.29, 0.717) is 0 Å². The van der Waals surface area contributed by atoms with E-state index in [0.717, 1.165) is 22.9 Å². The maximum absolute atomic E-state index is 6.69. The van der Waals surface area contributed by atoms with Gasteiger partial charge in [-0.05, 0) is 81.9 Å². The molecule has 0 fully saturated rings. The van der Waals surface area contributed by atoms with Gasteiger partial charge in [0, 0.05) is 19.9 Å². The Labute approximate surface area is 272 Å². The van der Waals surface area contributed by atoms with Gasteiger partial charge in [-0.1, -0.05) is 66.7 Å². The number of anilines is 3. The van der Waals surface area contributed by atoms with Crippen LogP contribution in [0.1, 0.15) is 33.8 Å². The van der Waals surface area contributed by atoms with Crippen molar-refractivity contribution in [3.63, 3.8) is 0 Å². The molecule has 6 heteroatoms. The SMILES string of the molecule is Cc1cc(-c2ccccc2)ccc1-c1cn2[n+](c1C)C13c4c(cccc4-2)N2c4ccccc4Oc4ccc(c1c42)-n1c(C)cc(C)[n+]13. The van der Waals surface area contributed by atoms with Gasteiger partial charge in [0.1, 0.15) is 17.1 Å². The summed E-state index contributed by atoms with van der Waals surface area (Å²) in [6.07, 6.45) is 2.36. The second-order valence-corrected chi connectivity index (χ2v) is 13.3. The third kappa shape index (κ3) is 2.77. The number of para-hydroxylation sites is 2. The first kappa shape index (κ1) is 25.3. The first-order valence-corrected chi connectivity index (χ1v) is 16.3. The van der Waals surface area contributed by atoms with E-state index in [1.54, 1.807) is 0 Å². The molecule has 4 aliphatic heterocycles. The molecule has 6 heterocycles. The number of aromatic nitrogens is 4. The highest BCUT2D eigenvalue weighted by Gasteiger charge is 2.75. The molecule has 0 aliphatic carbocycles. The number of nitrogens with zero attached hydrogens (tertiary/aromatic N) is 5. The molecule has 11 rings (SSSR count). The molecule has 5 aromatic carbocycles. The number of ether oxygens (including phenoxy) is 1. The maximum atomic E-state index is 6.69. The Balaban J connectivity index is 1.25. The van der Waals surface area contributed by atoms with Gasteiger partial charge in [-0.25, -0.2) is 0 Å². The number of aryl methyl sites for hydroxylation is 3. The fraction of sp³-hybridized carbons (Fsp3) is 0.122.